The number of likely N-dealkylation sites (tertiary alicyclic amines) is 1. The zero-order valence-electron chi connectivity index (χ0n) is 19.6. The second-order valence-corrected chi connectivity index (χ2v) is 10.2. The molecule has 1 saturated heterocycles. The fraction of sp³-hybridized carbons (Fsp3) is 0.440. The van der Waals surface area contributed by atoms with Gasteiger partial charge in [-0.25, -0.2) is 9.18 Å². The highest BCUT2D eigenvalue weighted by molar-refractivity contribution is 8.00. The molecule has 1 unspecified atom stereocenters. The Hall–Kier alpha value is -2.95. The Kier molecular flexibility index (Phi) is 8.28. The van der Waals surface area contributed by atoms with E-state index in [2.05, 4.69) is 10.6 Å². The molecule has 194 valence electrons. The van der Waals surface area contributed by atoms with Crippen LogP contribution in [-0.2, 0) is 11.0 Å². The van der Waals surface area contributed by atoms with Crippen molar-refractivity contribution in [3.8, 4) is 0 Å². The molecule has 1 saturated carbocycles. The first-order valence-electron chi connectivity index (χ1n) is 11.9. The molecular formula is C25H28F4N4O2S. The summed E-state index contributed by atoms with van der Waals surface area (Å²) in [6, 6.07) is 11.0. The first kappa shape index (κ1) is 26.1. The number of nitrogens with one attached hydrogen (secondary N) is 2. The van der Waals surface area contributed by atoms with Crippen molar-refractivity contribution in [1.82, 2.24) is 15.5 Å². The number of urea groups is 1. The number of nitrogens with zero attached hydrogens (tertiary/aromatic N) is 2. The molecule has 1 atom stereocenters. The van der Waals surface area contributed by atoms with Crippen molar-refractivity contribution in [3.05, 3.63) is 59.9 Å². The summed E-state index contributed by atoms with van der Waals surface area (Å²) in [5, 5.41) is 5.71. The quantitative estimate of drug-likeness (QED) is 0.375. The Bertz CT molecular complexity index is 1070. The highest BCUT2D eigenvalue weighted by Crippen LogP contribution is 2.36. The lowest BCUT2D eigenvalue weighted by Gasteiger charge is -2.34. The molecular weight excluding hydrogens is 496 g/mol. The number of amides is 3. The summed E-state index contributed by atoms with van der Waals surface area (Å²) < 4.78 is 56.0. The van der Waals surface area contributed by atoms with Crippen LogP contribution in [0.3, 0.4) is 0 Å². The van der Waals surface area contributed by atoms with Crippen molar-refractivity contribution in [2.45, 2.75) is 42.8 Å². The van der Waals surface area contributed by atoms with E-state index in [1.54, 1.807) is 35.2 Å². The molecule has 0 bridgehead atoms. The van der Waals surface area contributed by atoms with Gasteiger partial charge in [-0.3, -0.25) is 9.10 Å². The maximum Gasteiger partial charge on any atom is 0.416 e. The van der Waals surface area contributed by atoms with Crippen molar-refractivity contribution in [1.29, 1.82) is 0 Å². The van der Waals surface area contributed by atoms with Crippen molar-refractivity contribution >= 4 is 29.6 Å². The maximum absolute atomic E-state index is 14.7. The van der Waals surface area contributed by atoms with Gasteiger partial charge in [-0.15, -0.1) is 0 Å². The molecule has 0 aromatic heterocycles. The third-order valence-corrected chi connectivity index (χ3v) is 7.14. The van der Waals surface area contributed by atoms with Gasteiger partial charge in [0, 0.05) is 30.6 Å². The Labute approximate surface area is 211 Å². The summed E-state index contributed by atoms with van der Waals surface area (Å²) in [5.74, 6) is -1.10. The first-order valence-corrected chi connectivity index (χ1v) is 12.7. The molecule has 6 nitrogen and oxygen atoms in total. The van der Waals surface area contributed by atoms with E-state index >= 15 is 0 Å². The number of rotatable bonds is 8. The van der Waals surface area contributed by atoms with E-state index in [4.69, 9.17) is 0 Å². The largest absolute Gasteiger partial charge is 0.416 e. The summed E-state index contributed by atoms with van der Waals surface area (Å²) in [4.78, 5) is 27.5. The number of alkyl halides is 3. The average Bonchev–Trinajstić information content (AvgIpc) is 3.67. The molecule has 1 aliphatic heterocycles. The zero-order valence-corrected chi connectivity index (χ0v) is 20.4. The molecule has 3 amide bonds. The molecule has 4 rings (SSSR count). The Morgan fingerprint density at radius 2 is 1.83 bits per heavy atom. The number of piperidine rings is 1. The van der Waals surface area contributed by atoms with Crippen LogP contribution in [0, 0.1) is 11.7 Å². The van der Waals surface area contributed by atoms with Gasteiger partial charge in [-0.2, -0.15) is 13.2 Å². The number of anilines is 1. The van der Waals surface area contributed by atoms with E-state index in [0.717, 1.165) is 49.8 Å². The third-order valence-electron chi connectivity index (χ3n) is 6.12. The lowest BCUT2D eigenvalue weighted by molar-refractivity contribution is -0.137. The van der Waals surface area contributed by atoms with Crippen LogP contribution in [0.1, 0.15) is 31.2 Å². The molecule has 0 radical (unpaired) electrons. The summed E-state index contributed by atoms with van der Waals surface area (Å²) in [7, 11) is 0. The molecule has 2 aliphatic rings. The van der Waals surface area contributed by atoms with Crippen LogP contribution in [0.15, 0.2) is 53.4 Å². The van der Waals surface area contributed by atoms with Crippen LogP contribution < -0.4 is 14.9 Å². The summed E-state index contributed by atoms with van der Waals surface area (Å²) in [6.45, 7) is 1.03. The standard InChI is InChI=1S/C25H28F4N4O2S/c26-21-11-8-18(25(27,28)29)13-22(21)33(36-20-6-2-1-3-7-20)16-23(34)32-12-4-5-17(15-32)14-30-24(35)31-19-9-10-19/h1-3,6-8,11,13,17,19H,4-5,9-10,12,14-16H2,(H2,30,31,35). The molecule has 2 fully saturated rings. The molecule has 11 heteroatoms. The van der Waals surface area contributed by atoms with E-state index in [9.17, 15) is 27.2 Å². The van der Waals surface area contributed by atoms with Gasteiger partial charge in [0.25, 0.3) is 0 Å². The predicted molar refractivity (Wildman–Crippen MR) is 130 cm³/mol. The van der Waals surface area contributed by atoms with Crippen molar-refractivity contribution in [3.63, 3.8) is 0 Å². The fourth-order valence-corrected chi connectivity index (χ4v) is 4.98. The number of carbonyl (C=O) groups is 2. The van der Waals surface area contributed by atoms with Gasteiger partial charge < -0.3 is 15.5 Å². The van der Waals surface area contributed by atoms with Gasteiger partial charge in [-0.05, 0) is 73.9 Å². The molecule has 2 N–H and O–H groups in total. The van der Waals surface area contributed by atoms with Crippen LogP contribution in [0.25, 0.3) is 0 Å². The third kappa shape index (κ3) is 7.28. The van der Waals surface area contributed by atoms with Crippen LogP contribution in [0.5, 0.6) is 0 Å². The van der Waals surface area contributed by atoms with Crippen LogP contribution >= 0.6 is 11.9 Å². The van der Waals surface area contributed by atoms with Crippen molar-refractivity contribution in [2.75, 3.05) is 30.5 Å². The van der Waals surface area contributed by atoms with E-state index in [-0.39, 0.29) is 36.1 Å². The van der Waals surface area contributed by atoms with Crippen molar-refractivity contribution < 1.29 is 27.2 Å². The number of hydrogen-bond donors (Lipinski definition) is 2. The summed E-state index contributed by atoms with van der Waals surface area (Å²) in [6.07, 6.45) is -1.08. The van der Waals surface area contributed by atoms with E-state index in [1.165, 1.54) is 4.31 Å². The van der Waals surface area contributed by atoms with E-state index < -0.39 is 17.6 Å². The SMILES string of the molecule is O=C(NCC1CCCN(C(=O)CN(Sc2ccccc2)c2cc(C(F)(F)F)ccc2F)C1)NC1CC1. The number of halogens is 4. The smallest absolute Gasteiger partial charge is 0.341 e. The molecule has 2 aromatic rings. The Morgan fingerprint density at radius 1 is 1.08 bits per heavy atom. The van der Waals surface area contributed by atoms with E-state index in [0.29, 0.717) is 30.6 Å². The van der Waals surface area contributed by atoms with Crippen molar-refractivity contribution in [2.24, 2.45) is 5.92 Å². The van der Waals surface area contributed by atoms with Gasteiger partial charge >= 0.3 is 12.2 Å². The lowest BCUT2D eigenvalue weighted by Crippen LogP contribution is -2.47. The highest BCUT2D eigenvalue weighted by atomic mass is 32.2. The minimum Gasteiger partial charge on any atom is -0.341 e. The van der Waals surface area contributed by atoms with Crippen LogP contribution in [0.4, 0.5) is 28.0 Å². The molecule has 2 aromatic carbocycles. The number of hydrogen-bond acceptors (Lipinski definition) is 4. The number of benzene rings is 2. The summed E-state index contributed by atoms with van der Waals surface area (Å²) in [5.41, 5.74) is -1.29. The average molecular weight is 525 g/mol. The van der Waals surface area contributed by atoms with E-state index in [1.807, 2.05) is 0 Å². The van der Waals surface area contributed by atoms with Gasteiger partial charge in [0.15, 0.2) is 0 Å². The summed E-state index contributed by atoms with van der Waals surface area (Å²) >= 11 is 1.01. The normalized spacial score (nSPS) is 18.0. The van der Waals surface area contributed by atoms with Gasteiger partial charge in [0.05, 0.1) is 11.3 Å². The van der Waals surface area contributed by atoms with Gasteiger partial charge in [0.1, 0.15) is 12.4 Å². The highest BCUT2D eigenvalue weighted by Gasteiger charge is 2.33. The second-order valence-electron chi connectivity index (χ2n) is 9.08. The minimum atomic E-state index is -4.64. The predicted octanol–water partition coefficient (Wildman–Crippen LogP) is 5.06. The second kappa shape index (κ2) is 11.4. The topological polar surface area (TPSA) is 64.7 Å². The van der Waals surface area contributed by atoms with Crippen LogP contribution in [0.2, 0.25) is 0 Å². The molecule has 0 spiro atoms. The molecule has 36 heavy (non-hydrogen) atoms. The maximum atomic E-state index is 14.7. The number of carbonyl (C=O) groups excluding carboxylic acids is 2. The zero-order chi connectivity index (χ0) is 25.7. The monoisotopic (exact) mass is 524 g/mol. The molecule has 1 heterocycles. The first-order chi connectivity index (χ1) is 17.2. The van der Waals surface area contributed by atoms with Gasteiger partial charge in [-0.1, -0.05) is 18.2 Å². The van der Waals surface area contributed by atoms with Gasteiger partial charge in [0.2, 0.25) is 5.91 Å². The fourth-order valence-electron chi connectivity index (χ4n) is 4.04. The Morgan fingerprint density at radius 3 is 2.53 bits per heavy atom. The lowest BCUT2D eigenvalue weighted by atomic mass is 9.98. The van der Waals surface area contributed by atoms with Crippen LogP contribution in [-0.4, -0.2) is 49.1 Å². The molecule has 1 aliphatic carbocycles. The minimum absolute atomic E-state index is 0.0631. The Balaban J connectivity index is 1.45.